The quantitative estimate of drug-likeness (QED) is 0.0252. The van der Waals surface area contributed by atoms with Crippen molar-refractivity contribution in [3.63, 3.8) is 0 Å². The molecule has 0 heterocycles. The first kappa shape index (κ1) is 46.8. The van der Waals surface area contributed by atoms with Crippen molar-refractivity contribution in [1.82, 2.24) is 5.32 Å². The Morgan fingerprint density at radius 1 is 0.625 bits per heavy atom. The van der Waals surface area contributed by atoms with Gasteiger partial charge in [0.15, 0.2) is 0 Å². The predicted octanol–water partition coefficient (Wildman–Crippen LogP) is 10.3. The number of esters is 1. The molecule has 0 aromatic rings. The molecular weight excluding hydrogens is 629 g/mol. The van der Waals surface area contributed by atoms with Crippen LogP contribution in [0, 0.1) is 0 Å². The van der Waals surface area contributed by atoms with Crippen molar-refractivity contribution in [2.24, 2.45) is 0 Å². The Morgan fingerprint density at radius 3 is 1.58 bits per heavy atom. The maximum absolute atomic E-state index is 12.0. The highest BCUT2D eigenvalue weighted by Crippen LogP contribution is 2.42. The Balaban J connectivity index is 3.61. The first-order valence-electron chi connectivity index (χ1n) is 19.7. The summed E-state index contributed by atoms with van der Waals surface area (Å²) in [5.74, 6) is -0.520. The second-order valence-electron chi connectivity index (χ2n) is 13.3. The number of hydrogen-bond donors (Lipinski definition) is 3. The van der Waals surface area contributed by atoms with E-state index < -0.39 is 26.5 Å². The minimum Gasteiger partial charge on any atom is -0.463 e. The fraction of sp³-hybridized carbons (Fsp3) is 0.895. The van der Waals surface area contributed by atoms with E-state index in [9.17, 15) is 24.2 Å². The molecule has 0 rings (SSSR count). The highest BCUT2D eigenvalue weighted by Gasteiger charge is 2.23. The summed E-state index contributed by atoms with van der Waals surface area (Å²) in [5.41, 5.74) is 0. The zero-order valence-electron chi connectivity index (χ0n) is 30.9. The molecule has 0 fully saturated rings. The molecule has 3 N–H and O–H groups in total. The first-order valence-corrected chi connectivity index (χ1v) is 21.2. The summed E-state index contributed by atoms with van der Waals surface area (Å²) in [6.07, 6.45) is 34.2. The zero-order valence-corrected chi connectivity index (χ0v) is 31.8. The number of rotatable bonds is 37. The molecule has 0 aromatic heterocycles. The first-order chi connectivity index (χ1) is 23.3. The highest BCUT2D eigenvalue weighted by atomic mass is 31.2. The number of ether oxygens (including phenoxy) is 1. The Morgan fingerprint density at radius 2 is 1.06 bits per heavy atom. The van der Waals surface area contributed by atoms with Gasteiger partial charge < -0.3 is 20.1 Å². The SMILES string of the molecule is CCCCCC/C=C\CCCCCCCC(=O)OCC(O)COP(=O)(O)OCCNC(=O)CCCCCCCCCCCCCCCC. The molecule has 1 amide bonds. The molecule has 0 radical (unpaired) electrons. The summed E-state index contributed by atoms with van der Waals surface area (Å²) >= 11 is 0. The molecule has 284 valence electrons. The monoisotopic (exact) mass is 704 g/mol. The normalized spacial score (nSPS) is 13.5. The van der Waals surface area contributed by atoms with Crippen LogP contribution in [0.25, 0.3) is 0 Å². The lowest BCUT2D eigenvalue weighted by molar-refractivity contribution is -0.147. The van der Waals surface area contributed by atoms with Crippen LogP contribution in [-0.2, 0) is 27.9 Å². The van der Waals surface area contributed by atoms with E-state index in [0.717, 1.165) is 57.8 Å². The third-order valence-electron chi connectivity index (χ3n) is 8.45. The number of aliphatic hydroxyl groups is 1. The molecule has 0 aliphatic rings. The van der Waals surface area contributed by atoms with E-state index >= 15 is 0 Å². The molecule has 0 bridgehead atoms. The summed E-state index contributed by atoms with van der Waals surface area (Å²) in [4.78, 5) is 33.8. The van der Waals surface area contributed by atoms with E-state index in [0.29, 0.717) is 6.42 Å². The number of amides is 1. The van der Waals surface area contributed by atoms with Gasteiger partial charge in [0.05, 0.1) is 13.2 Å². The molecule has 48 heavy (non-hydrogen) atoms. The molecule has 0 saturated carbocycles. The fourth-order valence-electron chi connectivity index (χ4n) is 5.43. The van der Waals surface area contributed by atoms with Crippen LogP contribution in [-0.4, -0.2) is 54.3 Å². The van der Waals surface area contributed by atoms with Gasteiger partial charge in [-0.15, -0.1) is 0 Å². The van der Waals surface area contributed by atoms with Gasteiger partial charge in [-0.3, -0.25) is 18.6 Å². The molecule has 0 aromatic carbocycles. The lowest BCUT2D eigenvalue weighted by atomic mass is 10.0. The number of phosphoric acid groups is 1. The van der Waals surface area contributed by atoms with Crippen molar-refractivity contribution in [2.75, 3.05) is 26.4 Å². The van der Waals surface area contributed by atoms with Gasteiger partial charge in [0.2, 0.25) is 5.91 Å². The summed E-state index contributed by atoms with van der Waals surface area (Å²) in [7, 11) is -4.41. The molecule has 0 spiro atoms. The maximum atomic E-state index is 12.0. The van der Waals surface area contributed by atoms with E-state index in [1.165, 1.54) is 103 Å². The summed E-state index contributed by atoms with van der Waals surface area (Å²) in [5, 5.41) is 12.6. The number of unbranched alkanes of at least 4 members (excludes halogenated alkanes) is 22. The van der Waals surface area contributed by atoms with Crippen molar-refractivity contribution in [3.05, 3.63) is 12.2 Å². The summed E-state index contributed by atoms with van der Waals surface area (Å²) < 4.78 is 26.8. The van der Waals surface area contributed by atoms with Gasteiger partial charge in [0, 0.05) is 19.4 Å². The largest absolute Gasteiger partial charge is 0.472 e. The standard InChI is InChI=1S/C38H74NO8P/c1-3-5-7-9-11-13-15-17-19-20-22-24-26-28-30-37(41)39-32-33-46-48(43,44)47-35-36(40)34-45-38(42)31-29-27-25-23-21-18-16-14-12-10-8-6-4-2/h14,16,36,40H,3-13,15,17-35H2,1-2H3,(H,39,41)(H,43,44)/b16-14-. The van der Waals surface area contributed by atoms with Gasteiger partial charge in [-0.1, -0.05) is 148 Å². The minimum absolute atomic E-state index is 0.0851. The van der Waals surface area contributed by atoms with Crippen LogP contribution >= 0.6 is 7.82 Å². The van der Waals surface area contributed by atoms with Gasteiger partial charge in [-0.05, 0) is 38.5 Å². The van der Waals surface area contributed by atoms with E-state index in [1.807, 2.05) is 0 Å². The van der Waals surface area contributed by atoms with Crippen molar-refractivity contribution < 1.29 is 37.9 Å². The Labute approximate surface area is 294 Å². The van der Waals surface area contributed by atoms with Gasteiger partial charge in [0.25, 0.3) is 0 Å². The Hall–Kier alpha value is -1.25. The number of aliphatic hydroxyl groups excluding tert-OH is 1. The predicted molar refractivity (Wildman–Crippen MR) is 197 cm³/mol. The number of carbonyl (C=O) groups excluding carboxylic acids is 2. The van der Waals surface area contributed by atoms with Gasteiger partial charge >= 0.3 is 13.8 Å². The second kappa shape index (κ2) is 35.6. The van der Waals surface area contributed by atoms with Crippen LogP contribution in [0.5, 0.6) is 0 Å². The van der Waals surface area contributed by atoms with E-state index in [1.54, 1.807) is 0 Å². The van der Waals surface area contributed by atoms with Crippen LogP contribution in [0.4, 0.5) is 0 Å². The number of phosphoric ester groups is 1. The van der Waals surface area contributed by atoms with Gasteiger partial charge in [-0.25, -0.2) is 4.57 Å². The average Bonchev–Trinajstić information content (AvgIpc) is 3.07. The third kappa shape index (κ3) is 36.0. The number of hydrogen-bond acceptors (Lipinski definition) is 7. The van der Waals surface area contributed by atoms with Crippen LogP contribution < -0.4 is 5.32 Å². The molecule has 0 aliphatic carbocycles. The zero-order chi connectivity index (χ0) is 35.4. The molecule has 2 atom stereocenters. The third-order valence-corrected chi connectivity index (χ3v) is 9.43. The molecule has 0 aliphatic heterocycles. The molecule has 9 nitrogen and oxygen atoms in total. The van der Waals surface area contributed by atoms with Crippen LogP contribution in [0.1, 0.15) is 187 Å². The smallest absolute Gasteiger partial charge is 0.463 e. The van der Waals surface area contributed by atoms with Crippen molar-refractivity contribution in [3.8, 4) is 0 Å². The second-order valence-corrected chi connectivity index (χ2v) is 14.7. The van der Waals surface area contributed by atoms with Crippen LogP contribution in [0.15, 0.2) is 12.2 Å². The maximum Gasteiger partial charge on any atom is 0.472 e. The molecule has 10 heteroatoms. The molecule has 0 saturated heterocycles. The molecule has 2 unspecified atom stereocenters. The van der Waals surface area contributed by atoms with E-state index in [4.69, 9.17) is 13.8 Å². The molecular formula is C38H74NO8P. The summed E-state index contributed by atoms with van der Waals surface area (Å²) in [6, 6.07) is 0. The highest BCUT2D eigenvalue weighted by molar-refractivity contribution is 7.47. The van der Waals surface area contributed by atoms with Crippen molar-refractivity contribution in [2.45, 2.75) is 193 Å². The van der Waals surface area contributed by atoms with E-state index in [-0.39, 0.29) is 32.1 Å². The van der Waals surface area contributed by atoms with E-state index in [2.05, 4.69) is 31.3 Å². The Kier molecular flexibility index (Phi) is 34.6. The fourth-order valence-corrected chi connectivity index (χ4v) is 6.19. The van der Waals surface area contributed by atoms with Gasteiger partial charge in [0.1, 0.15) is 12.7 Å². The lowest BCUT2D eigenvalue weighted by Crippen LogP contribution is -2.27. The van der Waals surface area contributed by atoms with Crippen molar-refractivity contribution >= 4 is 19.7 Å². The number of allylic oxidation sites excluding steroid dienone is 2. The average molecular weight is 704 g/mol. The van der Waals surface area contributed by atoms with Crippen LogP contribution in [0.2, 0.25) is 0 Å². The lowest BCUT2D eigenvalue weighted by Gasteiger charge is -2.15. The van der Waals surface area contributed by atoms with Gasteiger partial charge in [-0.2, -0.15) is 0 Å². The minimum atomic E-state index is -4.41. The number of carbonyl (C=O) groups is 2. The van der Waals surface area contributed by atoms with Crippen LogP contribution in [0.3, 0.4) is 0 Å². The Bertz CT molecular complexity index is 810. The number of nitrogens with one attached hydrogen (secondary N) is 1. The topological polar surface area (TPSA) is 131 Å². The van der Waals surface area contributed by atoms with Crippen molar-refractivity contribution in [1.29, 1.82) is 0 Å². The summed E-state index contributed by atoms with van der Waals surface area (Å²) in [6.45, 7) is 3.53.